The van der Waals surface area contributed by atoms with E-state index in [0.717, 1.165) is 24.5 Å². The first-order valence-corrected chi connectivity index (χ1v) is 7.51. The first kappa shape index (κ1) is 13.7. The van der Waals surface area contributed by atoms with E-state index >= 15 is 0 Å². The molecule has 1 aliphatic heterocycles. The summed E-state index contributed by atoms with van der Waals surface area (Å²) in [5.74, 6) is 1.69. The zero-order valence-corrected chi connectivity index (χ0v) is 12.0. The fraction of sp³-hybridized carbons (Fsp3) is 0.625. The van der Waals surface area contributed by atoms with E-state index in [-0.39, 0.29) is 6.10 Å². The lowest BCUT2D eigenvalue weighted by Gasteiger charge is -2.33. The first-order chi connectivity index (χ1) is 9.86. The van der Waals surface area contributed by atoms with Gasteiger partial charge in [0.25, 0.3) is 0 Å². The highest BCUT2D eigenvalue weighted by molar-refractivity contribution is 5.40. The van der Waals surface area contributed by atoms with Crippen LogP contribution in [-0.2, 0) is 4.74 Å². The smallest absolute Gasteiger partial charge is 0.161 e. The van der Waals surface area contributed by atoms with Crippen molar-refractivity contribution in [1.29, 1.82) is 0 Å². The Balaban J connectivity index is 1.52. The lowest BCUT2D eigenvalue weighted by atomic mass is 9.92. The summed E-state index contributed by atoms with van der Waals surface area (Å²) in [5.41, 5.74) is 0. The van der Waals surface area contributed by atoms with E-state index in [1.165, 1.54) is 19.3 Å². The second kappa shape index (κ2) is 6.46. The summed E-state index contributed by atoms with van der Waals surface area (Å²) in [6.45, 7) is 1.41. The van der Waals surface area contributed by atoms with Gasteiger partial charge in [-0.05, 0) is 25.0 Å². The Morgan fingerprint density at radius 3 is 2.85 bits per heavy atom. The molecule has 1 aromatic carbocycles. The predicted molar refractivity (Wildman–Crippen MR) is 77.4 cm³/mol. The van der Waals surface area contributed by atoms with Crippen molar-refractivity contribution in [3.8, 4) is 11.5 Å². The minimum Gasteiger partial charge on any atom is -0.486 e. The second-order valence-electron chi connectivity index (χ2n) is 5.57. The SMILES string of the molecule is COC1CCCCC1NCC1COc2ccccc2O1. The molecule has 1 N–H and O–H groups in total. The largest absolute Gasteiger partial charge is 0.486 e. The van der Waals surface area contributed by atoms with Crippen molar-refractivity contribution >= 4 is 0 Å². The van der Waals surface area contributed by atoms with Gasteiger partial charge in [0.1, 0.15) is 12.7 Å². The van der Waals surface area contributed by atoms with Crippen molar-refractivity contribution < 1.29 is 14.2 Å². The quantitative estimate of drug-likeness (QED) is 0.917. The van der Waals surface area contributed by atoms with Crippen LogP contribution in [0.2, 0.25) is 0 Å². The van der Waals surface area contributed by atoms with Gasteiger partial charge in [-0.25, -0.2) is 0 Å². The van der Waals surface area contributed by atoms with Crippen LogP contribution in [0.25, 0.3) is 0 Å². The van der Waals surface area contributed by atoms with E-state index in [9.17, 15) is 0 Å². The lowest BCUT2D eigenvalue weighted by molar-refractivity contribution is 0.0316. The maximum atomic E-state index is 5.96. The molecular weight excluding hydrogens is 254 g/mol. The molecule has 2 aliphatic rings. The molecule has 1 aliphatic carbocycles. The molecule has 1 saturated carbocycles. The number of ether oxygens (including phenoxy) is 3. The van der Waals surface area contributed by atoms with Crippen LogP contribution in [0.3, 0.4) is 0 Å². The Labute approximate surface area is 120 Å². The van der Waals surface area contributed by atoms with Crippen molar-refractivity contribution in [3.05, 3.63) is 24.3 Å². The molecule has 1 aromatic rings. The minimum atomic E-state index is 0.0735. The van der Waals surface area contributed by atoms with Crippen LogP contribution >= 0.6 is 0 Å². The molecule has 4 heteroatoms. The Bertz CT molecular complexity index is 437. The Hall–Kier alpha value is -1.26. The maximum Gasteiger partial charge on any atom is 0.161 e. The Morgan fingerprint density at radius 1 is 1.20 bits per heavy atom. The van der Waals surface area contributed by atoms with Gasteiger partial charge in [-0.1, -0.05) is 25.0 Å². The molecule has 20 heavy (non-hydrogen) atoms. The second-order valence-corrected chi connectivity index (χ2v) is 5.57. The number of benzene rings is 1. The molecule has 0 amide bonds. The summed E-state index contributed by atoms with van der Waals surface area (Å²) in [6.07, 6.45) is 5.29. The van der Waals surface area contributed by atoms with Crippen LogP contribution < -0.4 is 14.8 Å². The van der Waals surface area contributed by atoms with Gasteiger partial charge in [0, 0.05) is 19.7 Å². The summed E-state index contributed by atoms with van der Waals surface area (Å²) < 4.78 is 17.3. The maximum absolute atomic E-state index is 5.96. The zero-order valence-electron chi connectivity index (χ0n) is 12.0. The van der Waals surface area contributed by atoms with Crippen molar-refractivity contribution in [3.63, 3.8) is 0 Å². The minimum absolute atomic E-state index is 0.0735. The molecule has 0 saturated heterocycles. The van der Waals surface area contributed by atoms with Gasteiger partial charge in [0.05, 0.1) is 6.10 Å². The summed E-state index contributed by atoms with van der Waals surface area (Å²) >= 11 is 0. The first-order valence-electron chi connectivity index (χ1n) is 7.51. The third kappa shape index (κ3) is 3.07. The fourth-order valence-electron chi connectivity index (χ4n) is 3.06. The van der Waals surface area contributed by atoms with Gasteiger partial charge in [0.15, 0.2) is 11.5 Å². The molecule has 3 rings (SSSR count). The normalized spacial score (nSPS) is 29.1. The third-order valence-electron chi connectivity index (χ3n) is 4.18. The van der Waals surface area contributed by atoms with Gasteiger partial charge >= 0.3 is 0 Å². The van der Waals surface area contributed by atoms with E-state index in [1.807, 2.05) is 24.3 Å². The highest BCUT2D eigenvalue weighted by Gasteiger charge is 2.27. The predicted octanol–water partition coefficient (Wildman–Crippen LogP) is 2.37. The van der Waals surface area contributed by atoms with E-state index < -0.39 is 0 Å². The van der Waals surface area contributed by atoms with Gasteiger partial charge in [-0.15, -0.1) is 0 Å². The summed E-state index contributed by atoms with van der Waals surface area (Å²) in [7, 11) is 1.81. The highest BCUT2D eigenvalue weighted by atomic mass is 16.6. The van der Waals surface area contributed by atoms with Crippen LogP contribution in [0, 0.1) is 0 Å². The molecule has 0 radical (unpaired) electrons. The van der Waals surface area contributed by atoms with Crippen LogP contribution in [0.15, 0.2) is 24.3 Å². The number of para-hydroxylation sites is 2. The number of hydrogen-bond acceptors (Lipinski definition) is 4. The lowest BCUT2D eigenvalue weighted by Crippen LogP contribution is -2.48. The van der Waals surface area contributed by atoms with Crippen LogP contribution in [0.1, 0.15) is 25.7 Å². The van der Waals surface area contributed by atoms with Crippen molar-refractivity contribution in [2.24, 2.45) is 0 Å². The number of hydrogen-bond donors (Lipinski definition) is 1. The van der Waals surface area contributed by atoms with Crippen molar-refractivity contribution in [2.75, 3.05) is 20.3 Å². The number of nitrogens with one attached hydrogen (secondary N) is 1. The van der Waals surface area contributed by atoms with E-state index in [4.69, 9.17) is 14.2 Å². The molecule has 0 bridgehead atoms. The van der Waals surface area contributed by atoms with Crippen molar-refractivity contribution in [2.45, 2.75) is 43.9 Å². The number of methoxy groups -OCH3 is 1. The Kier molecular flexibility index (Phi) is 4.43. The summed E-state index contributed by atoms with van der Waals surface area (Å²) in [4.78, 5) is 0. The molecule has 3 unspecified atom stereocenters. The van der Waals surface area contributed by atoms with Gasteiger partial charge in [-0.2, -0.15) is 0 Å². The van der Waals surface area contributed by atoms with Crippen LogP contribution in [0.4, 0.5) is 0 Å². The summed E-state index contributed by atoms with van der Waals surface area (Å²) in [6, 6.07) is 8.28. The van der Waals surface area contributed by atoms with E-state index in [2.05, 4.69) is 5.32 Å². The molecule has 0 aromatic heterocycles. The zero-order chi connectivity index (χ0) is 13.8. The third-order valence-corrected chi connectivity index (χ3v) is 4.18. The molecular formula is C16H23NO3. The Morgan fingerprint density at radius 2 is 2.00 bits per heavy atom. The molecule has 1 heterocycles. The molecule has 4 nitrogen and oxygen atoms in total. The van der Waals surface area contributed by atoms with E-state index in [1.54, 1.807) is 7.11 Å². The molecule has 0 spiro atoms. The molecule has 110 valence electrons. The summed E-state index contributed by atoms with van der Waals surface area (Å²) in [5, 5.41) is 3.59. The standard InChI is InChI=1S/C16H23NO3/c1-18-14-7-3-2-6-13(14)17-10-12-11-19-15-8-4-5-9-16(15)20-12/h4-5,8-9,12-14,17H,2-3,6-7,10-11H2,1H3. The fourth-order valence-corrected chi connectivity index (χ4v) is 3.06. The molecule has 1 fully saturated rings. The van der Waals surface area contributed by atoms with Gasteiger partial charge in [-0.3, -0.25) is 0 Å². The average Bonchev–Trinajstić information content (AvgIpc) is 2.53. The van der Waals surface area contributed by atoms with Crippen LogP contribution in [0.5, 0.6) is 11.5 Å². The van der Waals surface area contributed by atoms with Crippen LogP contribution in [-0.4, -0.2) is 38.5 Å². The van der Waals surface area contributed by atoms with Gasteiger partial charge in [0.2, 0.25) is 0 Å². The monoisotopic (exact) mass is 277 g/mol. The number of rotatable bonds is 4. The van der Waals surface area contributed by atoms with E-state index in [0.29, 0.717) is 18.8 Å². The average molecular weight is 277 g/mol. The van der Waals surface area contributed by atoms with Gasteiger partial charge < -0.3 is 19.5 Å². The van der Waals surface area contributed by atoms with Crippen molar-refractivity contribution in [1.82, 2.24) is 5.32 Å². The highest BCUT2D eigenvalue weighted by Crippen LogP contribution is 2.30. The molecule has 3 atom stereocenters. The topological polar surface area (TPSA) is 39.7 Å². The number of fused-ring (bicyclic) bond motifs is 1.